The molecule has 3 N–H and O–H groups in total. The first kappa shape index (κ1) is 18.1. The lowest BCUT2D eigenvalue weighted by Crippen LogP contribution is -2.19. The molecule has 0 spiro atoms. The highest BCUT2D eigenvalue weighted by Gasteiger charge is 2.24. The van der Waals surface area contributed by atoms with Crippen LogP contribution >= 0.6 is 0 Å². The van der Waals surface area contributed by atoms with Crippen molar-refractivity contribution < 1.29 is 4.21 Å². The Bertz CT molecular complexity index is 1140. The van der Waals surface area contributed by atoms with Crippen LogP contribution in [0, 0.1) is 0 Å². The molecule has 0 saturated carbocycles. The number of aromatic amines is 2. The molecule has 4 aromatic rings. The van der Waals surface area contributed by atoms with E-state index in [1.165, 1.54) is 22.0 Å². The van der Waals surface area contributed by atoms with Crippen molar-refractivity contribution in [2.45, 2.75) is 23.9 Å². The average molecular weight is 406 g/mol. The normalized spacial score (nSPS) is 18.3. The maximum absolute atomic E-state index is 12.4. The van der Waals surface area contributed by atoms with Gasteiger partial charge in [0.25, 0.3) is 0 Å². The lowest BCUT2D eigenvalue weighted by molar-refractivity contribution is 0.328. The standard InChI is InChI=1S/C22H23N5OS/c28-29(22-8-10-24-25-22)26-19-5-3-4-16(12-19)17-9-11-27(14-17)15-18-13-23-21-7-2-1-6-20(18)21/h1-8,10,12-13,17,23,26H,9,11,14-15H2,(H,24,25). The number of hydrogen-bond donors (Lipinski definition) is 3. The van der Waals surface area contributed by atoms with Crippen LogP contribution in [0.1, 0.15) is 23.5 Å². The molecule has 3 heterocycles. The van der Waals surface area contributed by atoms with Crippen molar-refractivity contribution in [3.05, 3.63) is 78.1 Å². The van der Waals surface area contributed by atoms with Gasteiger partial charge in [-0.2, -0.15) is 5.10 Å². The Kier molecular flexibility index (Phi) is 4.91. The summed E-state index contributed by atoms with van der Waals surface area (Å²) in [6, 6.07) is 18.5. The lowest BCUT2D eigenvalue weighted by atomic mass is 9.98. The molecular formula is C22H23N5OS. The minimum absolute atomic E-state index is 0.488. The van der Waals surface area contributed by atoms with E-state index >= 15 is 0 Å². The van der Waals surface area contributed by atoms with E-state index in [0.717, 1.165) is 31.7 Å². The molecule has 5 rings (SSSR count). The molecule has 0 radical (unpaired) electrons. The van der Waals surface area contributed by atoms with Gasteiger partial charge in [-0.3, -0.25) is 14.7 Å². The summed E-state index contributed by atoms with van der Waals surface area (Å²) in [4.78, 5) is 5.89. The Morgan fingerprint density at radius 1 is 1.17 bits per heavy atom. The number of hydrogen-bond acceptors (Lipinski definition) is 3. The number of benzene rings is 2. The quantitative estimate of drug-likeness (QED) is 0.454. The predicted octanol–water partition coefficient (Wildman–Crippen LogP) is 4.02. The molecule has 2 atom stereocenters. The van der Waals surface area contributed by atoms with E-state index in [1.807, 2.05) is 12.1 Å². The Labute approximate surface area is 171 Å². The van der Waals surface area contributed by atoms with E-state index < -0.39 is 11.0 Å². The monoisotopic (exact) mass is 405 g/mol. The molecule has 29 heavy (non-hydrogen) atoms. The van der Waals surface area contributed by atoms with Gasteiger partial charge in [0.1, 0.15) is 5.03 Å². The van der Waals surface area contributed by atoms with Gasteiger partial charge < -0.3 is 4.98 Å². The summed E-state index contributed by atoms with van der Waals surface area (Å²) >= 11 is 0. The topological polar surface area (TPSA) is 76.8 Å². The molecule has 0 bridgehead atoms. The number of H-pyrrole nitrogens is 2. The fraction of sp³-hybridized carbons (Fsp3) is 0.227. The molecule has 148 valence electrons. The second-order valence-corrected chi connectivity index (χ2v) is 8.68. The van der Waals surface area contributed by atoms with E-state index in [-0.39, 0.29) is 0 Å². The zero-order chi connectivity index (χ0) is 19.6. The maximum atomic E-state index is 12.4. The van der Waals surface area contributed by atoms with Crippen molar-refractivity contribution in [3.63, 3.8) is 0 Å². The van der Waals surface area contributed by atoms with Crippen molar-refractivity contribution in [2.75, 3.05) is 17.8 Å². The van der Waals surface area contributed by atoms with Gasteiger partial charge in [0, 0.05) is 35.9 Å². The van der Waals surface area contributed by atoms with Gasteiger partial charge in [0.15, 0.2) is 11.0 Å². The van der Waals surface area contributed by atoms with Crippen molar-refractivity contribution in [3.8, 4) is 0 Å². The molecule has 2 aromatic carbocycles. The minimum atomic E-state index is -1.34. The summed E-state index contributed by atoms with van der Waals surface area (Å²) < 4.78 is 15.4. The Hall–Kier alpha value is -2.90. The molecule has 2 aromatic heterocycles. The lowest BCUT2D eigenvalue weighted by Gasteiger charge is -2.16. The third-order valence-electron chi connectivity index (χ3n) is 5.58. The van der Waals surface area contributed by atoms with Crippen molar-refractivity contribution in [2.24, 2.45) is 0 Å². The first-order valence-electron chi connectivity index (χ1n) is 9.81. The summed E-state index contributed by atoms with van der Waals surface area (Å²) in [5.41, 5.74) is 4.71. The molecule has 7 heteroatoms. The zero-order valence-corrected chi connectivity index (χ0v) is 16.8. The molecule has 0 amide bonds. The minimum Gasteiger partial charge on any atom is -0.361 e. The fourth-order valence-corrected chi connectivity index (χ4v) is 4.89. The van der Waals surface area contributed by atoms with Crippen molar-refractivity contribution in [1.29, 1.82) is 0 Å². The largest absolute Gasteiger partial charge is 0.361 e. The second kappa shape index (κ2) is 7.85. The van der Waals surface area contributed by atoms with Crippen LogP contribution in [-0.4, -0.2) is 37.4 Å². The average Bonchev–Trinajstić information content (AvgIpc) is 3.50. The van der Waals surface area contributed by atoms with Crippen LogP contribution in [0.4, 0.5) is 5.69 Å². The Balaban J connectivity index is 1.26. The highest BCUT2D eigenvalue weighted by atomic mass is 32.2. The number of rotatable bonds is 6. The van der Waals surface area contributed by atoms with Crippen molar-refractivity contribution >= 4 is 27.6 Å². The van der Waals surface area contributed by atoms with Gasteiger partial charge in [-0.05, 0) is 54.3 Å². The van der Waals surface area contributed by atoms with Gasteiger partial charge >= 0.3 is 0 Å². The summed E-state index contributed by atoms with van der Waals surface area (Å²) in [5, 5.41) is 8.48. The summed E-state index contributed by atoms with van der Waals surface area (Å²) in [5.74, 6) is 0.488. The van der Waals surface area contributed by atoms with Crippen molar-refractivity contribution in [1.82, 2.24) is 20.1 Å². The van der Waals surface area contributed by atoms with Crippen LogP contribution in [0.3, 0.4) is 0 Å². The smallest absolute Gasteiger partial charge is 0.168 e. The SMILES string of the molecule is O=S(Nc1cccc(C2CCN(Cc3c[nH]c4ccccc34)C2)c1)c1ccn[nH]1. The number of nitrogens with one attached hydrogen (secondary N) is 3. The number of nitrogens with zero attached hydrogens (tertiary/aromatic N) is 2. The first-order valence-corrected chi connectivity index (χ1v) is 11.0. The number of anilines is 1. The highest BCUT2D eigenvalue weighted by Crippen LogP contribution is 2.31. The van der Waals surface area contributed by atoms with E-state index in [4.69, 9.17) is 0 Å². The van der Waals surface area contributed by atoms with Gasteiger partial charge in [-0.1, -0.05) is 30.3 Å². The Morgan fingerprint density at radius 3 is 3.00 bits per heavy atom. The second-order valence-electron chi connectivity index (χ2n) is 7.50. The van der Waals surface area contributed by atoms with E-state index in [1.54, 1.807) is 12.3 Å². The van der Waals surface area contributed by atoms with Gasteiger partial charge in [-0.25, -0.2) is 4.21 Å². The molecule has 2 unspecified atom stereocenters. The third kappa shape index (κ3) is 3.83. The number of fused-ring (bicyclic) bond motifs is 1. The molecular weight excluding hydrogens is 382 g/mol. The van der Waals surface area contributed by atoms with Crippen LogP contribution < -0.4 is 4.72 Å². The predicted molar refractivity (Wildman–Crippen MR) is 116 cm³/mol. The van der Waals surface area contributed by atoms with Gasteiger partial charge in [0.2, 0.25) is 0 Å². The van der Waals surface area contributed by atoms with Crippen LogP contribution in [0.15, 0.2) is 72.0 Å². The maximum Gasteiger partial charge on any atom is 0.168 e. The summed E-state index contributed by atoms with van der Waals surface area (Å²) in [7, 11) is -1.34. The molecule has 1 aliphatic rings. The Morgan fingerprint density at radius 2 is 2.10 bits per heavy atom. The van der Waals surface area contributed by atoms with E-state index in [2.05, 4.69) is 67.4 Å². The first-order chi connectivity index (χ1) is 14.3. The van der Waals surface area contributed by atoms with E-state index in [0.29, 0.717) is 10.9 Å². The van der Waals surface area contributed by atoms with Crippen LogP contribution in [0.25, 0.3) is 10.9 Å². The molecule has 1 fully saturated rings. The van der Waals surface area contributed by atoms with Crippen LogP contribution in [0.2, 0.25) is 0 Å². The zero-order valence-electron chi connectivity index (χ0n) is 16.0. The third-order valence-corrected chi connectivity index (χ3v) is 6.63. The molecule has 0 aliphatic carbocycles. The van der Waals surface area contributed by atoms with Gasteiger partial charge in [0.05, 0.1) is 6.20 Å². The van der Waals surface area contributed by atoms with Crippen LogP contribution in [0.5, 0.6) is 0 Å². The number of para-hydroxylation sites is 1. The van der Waals surface area contributed by atoms with Crippen LogP contribution in [-0.2, 0) is 17.5 Å². The molecule has 6 nitrogen and oxygen atoms in total. The fourth-order valence-electron chi connectivity index (χ4n) is 4.12. The summed E-state index contributed by atoms with van der Waals surface area (Å²) in [6.45, 7) is 3.08. The summed E-state index contributed by atoms with van der Waals surface area (Å²) in [6.07, 6.45) is 4.87. The molecule has 1 saturated heterocycles. The number of likely N-dealkylation sites (tertiary alicyclic amines) is 1. The molecule has 1 aliphatic heterocycles. The number of aromatic nitrogens is 3. The van der Waals surface area contributed by atoms with Gasteiger partial charge in [-0.15, -0.1) is 0 Å². The van der Waals surface area contributed by atoms with E-state index in [9.17, 15) is 4.21 Å². The highest BCUT2D eigenvalue weighted by molar-refractivity contribution is 7.86.